The predicted octanol–water partition coefficient (Wildman–Crippen LogP) is 7.45. The molecule has 33 heavy (non-hydrogen) atoms. The zero-order valence-electron chi connectivity index (χ0n) is 21.2. The Bertz CT molecular complexity index is 970. The van der Waals surface area contributed by atoms with Crippen LogP contribution in [0.5, 0.6) is 17.2 Å². The average molecular weight is 451 g/mol. The van der Waals surface area contributed by atoms with Gasteiger partial charge >= 0.3 is 0 Å². The van der Waals surface area contributed by atoms with Gasteiger partial charge in [-0.1, -0.05) is 32.1 Å². The van der Waals surface area contributed by atoms with E-state index in [1.54, 1.807) is 36.4 Å². The third-order valence-corrected chi connectivity index (χ3v) is 4.48. The molecule has 0 atom stereocenters. The third kappa shape index (κ3) is 8.80. The Morgan fingerprint density at radius 3 is 2.12 bits per heavy atom. The fourth-order valence-corrected chi connectivity index (χ4v) is 3.27. The van der Waals surface area contributed by atoms with E-state index < -0.39 is 0 Å². The first kappa shape index (κ1) is 26.2. The molecule has 0 amide bonds. The Balaban J connectivity index is 2.41. The summed E-state index contributed by atoms with van der Waals surface area (Å²) in [7, 11) is 0. The lowest BCUT2D eigenvalue weighted by Crippen LogP contribution is -2.25. The van der Waals surface area contributed by atoms with Crippen molar-refractivity contribution in [1.29, 1.82) is 0 Å². The largest absolute Gasteiger partial charge is 0.490 e. The molecule has 0 aliphatic rings. The zero-order chi connectivity index (χ0) is 24.6. The zero-order valence-corrected chi connectivity index (χ0v) is 21.2. The molecule has 2 aromatic rings. The summed E-state index contributed by atoms with van der Waals surface area (Å²) in [4.78, 5) is 12.8. The smallest absolute Gasteiger partial charge is 0.185 e. The number of ether oxygens (including phenoxy) is 3. The first-order valence-corrected chi connectivity index (χ1v) is 11.5. The maximum atomic E-state index is 12.8. The normalized spacial score (nSPS) is 12.0. The maximum absolute atomic E-state index is 12.8. The van der Waals surface area contributed by atoms with Crippen LogP contribution in [0.15, 0.2) is 55.1 Å². The van der Waals surface area contributed by atoms with Crippen LogP contribution < -0.4 is 14.2 Å². The summed E-state index contributed by atoms with van der Waals surface area (Å²) in [5.41, 5.74) is 1.90. The van der Waals surface area contributed by atoms with Crippen molar-refractivity contribution >= 4 is 11.9 Å². The van der Waals surface area contributed by atoms with Gasteiger partial charge in [0.1, 0.15) is 35.1 Å². The summed E-state index contributed by atoms with van der Waals surface area (Å²) >= 11 is 0. The topological polar surface area (TPSA) is 44.8 Å². The van der Waals surface area contributed by atoms with Crippen LogP contribution in [0.4, 0.5) is 0 Å². The number of ketones is 1. The van der Waals surface area contributed by atoms with Gasteiger partial charge in [-0.05, 0) is 89.9 Å². The summed E-state index contributed by atoms with van der Waals surface area (Å²) in [6.07, 6.45) is 6.95. The maximum Gasteiger partial charge on any atom is 0.185 e. The molecule has 0 unspecified atom stereocenters. The minimum absolute atomic E-state index is 0.0758. The van der Waals surface area contributed by atoms with E-state index in [2.05, 4.69) is 13.5 Å². The van der Waals surface area contributed by atoms with Crippen molar-refractivity contribution in [2.45, 2.75) is 72.5 Å². The van der Waals surface area contributed by atoms with E-state index >= 15 is 0 Å². The van der Waals surface area contributed by atoms with Crippen molar-refractivity contribution in [3.8, 4) is 17.2 Å². The number of hydrogen-bond donors (Lipinski definition) is 0. The van der Waals surface area contributed by atoms with Crippen molar-refractivity contribution < 1.29 is 19.0 Å². The summed E-state index contributed by atoms with van der Waals surface area (Å²) in [5.74, 6) is 2.14. The molecular weight excluding hydrogens is 412 g/mol. The number of allylic oxidation sites excluding steroid dienone is 1. The fraction of sp³-hybridized carbons (Fsp3) is 0.414. The highest BCUT2D eigenvalue weighted by atomic mass is 16.5. The molecule has 0 aromatic heterocycles. The SMILES string of the molecule is C=CCOc1ccc(C(=O)C=Cc2cc(OC(C)(C)C)cc(OC(C)(C)C)c2CCC)cc1. The van der Waals surface area contributed by atoms with E-state index in [0.29, 0.717) is 17.9 Å². The number of carbonyl (C=O) groups is 1. The second-order valence-corrected chi connectivity index (χ2v) is 9.99. The molecule has 4 heteroatoms. The predicted molar refractivity (Wildman–Crippen MR) is 137 cm³/mol. The molecule has 0 N–H and O–H groups in total. The highest BCUT2D eigenvalue weighted by Gasteiger charge is 2.20. The number of carbonyl (C=O) groups excluding carboxylic acids is 1. The summed E-state index contributed by atoms with van der Waals surface area (Å²) in [5, 5.41) is 0. The highest BCUT2D eigenvalue weighted by Crippen LogP contribution is 2.35. The Morgan fingerprint density at radius 1 is 0.939 bits per heavy atom. The van der Waals surface area contributed by atoms with Crippen LogP contribution in [-0.4, -0.2) is 23.6 Å². The molecule has 0 saturated carbocycles. The van der Waals surface area contributed by atoms with Crippen LogP contribution in [0.25, 0.3) is 6.08 Å². The molecule has 4 nitrogen and oxygen atoms in total. The molecule has 0 fully saturated rings. The lowest BCUT2D eigenvalue weighted by atomic mass is 9.99. The Kier molecular flexibility index (Phi) is 8.92. The van der Waals surface area contributed by atoms with Gasteiger partial charge in [0.05, 0.1) is 0 Å². The van der Waals surface area contributed by atoms with Gasteiger partial charge in [0.25, 0.3) is 0 Å². The van der Waals surface area contributed by atoms with E-state index in [0.717, 1.165) is 35.5 Å². The van der Waals surface area contributed by atoms with Gasteiger partial charge in [-0.25, -0.2) is 0 Å². The van der Waals surface area contributed by atoms with Crippen molar-refractivity contribution in [2.24, 2.45) is 0 Å². The molecule has 2 aromatic carbocycles. The lowest BCUT2D eigenvalue weighted by molar-refractivity contribution is 0.104. The number of rotatable bonds is 10. The van der Waals surface area contributed by atoms with Crippen LogP contribution >= 0.6 is 0 Å². The van der Waals surface area contributed by atoms with Gasteiger partial charge in [-0.15, -0.1) is 0 Å². The lowest BCUT2D eigenvalue weighted by Gasteiger charge is -2.27. The van der Waals surface area contributed by atoms with E-state index in [4.69, 9.17) is 14.2 Å². The minimum Gasteiger partial charge on any atom is -0.490 e. The van der Waals surface area contributed by atoms with Crippen molar-refractivity contribution in [3.63, 3.8) is 0 Å². The average Bonchev–Trinajstić information content (AvgIpc) is 2.70. The molecule has 0 aliphatic carbocycles. The van der Waals surface area contributed by atoms with E-state index in [1.807, 2.05) is 59.8 Å². The summed E-state index contributed by atoms with van der Waals surface area (Å²) in [6, 6.07) is 11.1. The molecular formula is C29H38O4. The quantitative estimate of drug-likeness (QED) is 0.214. The van der Waals surface area contributed by atoms with Crippen molar-refractivity contribution in [1.82, 2.24) is 0 Å². The minimum atomic E-state index is -0.352. The van der Waals surface area contributed by atoms with E-state index in [9.17, 15) is 4.79 Å². The van der Waals surface area contributed by atoms with E-state index in [1.165, 1.54) is 0 Å². The van der Waals surface area contributed by atoms with Gasteiger partial charge in [0, 0.05) is 17.2 Å². The van der Waals surface area contributed by atoms with Gasteiger partial charge in [0.2, 0.25) is 0 Å². The van der Waals surface area contributed by atoms with Crippen LogP contribution in [0.2, 0.25) is 0 Å². The number of benzene rings is 2. The Morgan fingerprint density at radius 2 is 1.58 bits per heavy atom. The molecule has 0 heterocycles. The Hall–Kier alpha value is -3.01. The molecule has 178 valence electrons. The second kappa shape index (κ2) is 11.2. The molecule has 0 spiro atoms. The molecule has 0 bridgehead atoms. The molecule has 0 saturated heterocycles. The molecule has 0 radical (unpaired) electrons. The van der Waals surface area contributed by atoms with E-state index in [-0.39, 0.29) is 17.0 Å². The van der Waals surface area contributed by atoms with Crippen LogP contribution in [-0.2, 0) is 6.42 Å². The van der Waals surface area contributed by atoms with Crippen LogP contribution in [0.3, 0.4) is 0 Å². The van der Waals surface area contributed by atoms with Gasteiger partial charge in [0.15, 0.2) is 5.78 Å². The third-order valence-electron chi connectivity index (χ3n) is 4.48. The fourth-order valence-electron chi connectivity index (χ4n) is 3.27. The Labute approximate surface area is 199 Å². The first-order chi connectivity index (χ1) is 15.4. The van der Waals surface area contributed by atoms with Gasteiger partial charge in [-0.3, -0.25) is 4.79 Å². The summed E-state index contributed by atoms with van der Waals surface area (Å²) in [6.45, 7) is 18.3. The summed E-state index contributed by atoms with van der Waals surface area (Å²) < 4.78 is 17.9. The van der Waals surface area contributed by atoms with Crippen molar-refractivity contribution in [2.75, 3.05) is 6.61 Å². The first-order valence-electron chi connectivity index (χ1n) is 11.5. The van der Waals surface area contributed by atoms with Gasteiger partial charge < -0.3 is 14.2 Å². The van der Waals surface area contributed by atoms with Crippen LogP contribution in [0.1, 0.15) is 76.4 Å². The molecule has 2 rings (SSSR count). The van der Waals surface area contributed by atoms with Gasteiger partial charge in [-0.2, -0.15) is 0 Å². The number of hydrogen-bond acceptors (Lipinski definition) is 4. The monoisotopic (exact) mass is 450 g/mol. The standard InChI is InChI=1S/C29H38O4/c1-9-11-25-22(14-17-26(30)21-12-15-23(16-13-21)31-18-10-2)19-24(32-28(3,4)5)20-27(25)33-29(6,7)8/h10,12-17,19-20H,2,9,11,18H2,1,3-8H3. The highest BCUT2D eigenvalue weighted by molar-refractivity contribution is 6.07. The van der Waals surface area contributed by atoms with Crippen LogP contribution in [0, 0.1) is 0 Å². The van der Waals surface area contributed by atoms with Crippen molar-refractivity contribution in [3.05, 3.63) is 71.8 Å². The second-order valence-electron chi connectivity index (χ2n) is 9.99. The molecule has 0 aliphatic heterocycles.